The molecule has 0 bridgehead atoms. The molecule has 0 fully saturated rings. The fourth-order valence-electron chi connectivity index (χ4n) is 2.23. The van der Waals surface area contributed by atoms with Gasteiger partial charge in [-0.1, -0.05) is 26.8 Å². The Balaban J connectivity index is 2.77. The molecule has 0 aromatic carbocycles. The molecule has 1 heterocycles. The Kier molecular flexibility index (Phi) is 5.09. The van der Waals surface area contributed by atoms with E-state index >= 15 is 0 Å². The lowest BCUT2D eigenvalue weighted by Gasteiger charge is -2.35. The van der Waals surface area contributed by atoms with Crippen molar-refractivity contribution in [1.82, 2.24) is 10.3 Å². The van der Waals surface area contributed by atoms with Gasteiger partial charge in [-0.25, -0.2) is 0 Å². The lowest BCUT2D eigenvalue weighted by Crippen LogP contribution is -2.47. The molecule has 0 aliphatic rings. The summed E-state index contributed by atoms with van der Waals surface area (Å²) in [5, 5.41) is 3.34. The maximum atomic E-state index is 5.65. The first-order valence-corrected chi connectivity index (χ1v) is 6.09. The van der Waals surface area contributed by atoms with Crippen LogP contribution in [-0.2, 0) is 11.2 Å². The summed E-state index contributed by atoms with van der Waals surface area (Å²) >= 11 is 0. The average Bonchev–Trinajstić information content (AvgIpc) is 2.28. The first-order valence-electron chi connectivity index (χ1n) is 6.09. The minimum atomic E-state index is 0.108. The van der Waals surface area contributed by atoms with Crippen molar-refractivity contribution in [3.05, 3.63) is 30.1 Å². The van der Waals surface area contributed by atoms with E-state index in [2.05, 4.69) is 37.1 Å². The molecule has 2 atom stereocenters. The summed E-state index contributed by atoms with van der Waals surface area (Å²) in [5.74, 6) is 0. The van der Waals surface area contributed by atoms with Crippen molar-refractivity contribution in [2.45, 2.75) is 39.3 Å². The highest BCUT2D eigenvalue weighted by Crippen LogP contribution is 2.25. The van der Waals surface area contributed by atoms with Gasteiger partial charge in [0.25, 0.3) is 0 Å². The number of likely N-dealkylation sites (N-methyl/N-ethyl adjacent to an activating group) is 1. The molecule has 3 nitrogen and oxygen atoms in total. The second-order valence-electron chi connectivity index (χ2n) is 5.44. The van der Waals surface area contributed by atoms with Gasteiger partial charge in [0.2, 0.25) is 0 Å². The normalized spacial score (nSPS) is 15.6. The van der Waals surface area contributed by atoms with Crippen molar-refractivity contribution in [1.29, 1.82) is 0 Å². The third kappa shape index (κ3) is 4.10. The van der Waals surface area contributed by atoms with Crippen LogP contribution in [0.15, 0.2) is 24.4 Å². The van der Waals surface area contributed by atoms with E-state index in [1.54, 1.807) is 7.11 Å². The number of methoxy groups -OCH3 is 1. The van der Waals surface area contributed by atoms with Crippen LogP contribution in [0.1, 0.15) is 26.5 Å². The van der Waals surface area contributed by atoms with Crippen LogP contribution in [0, 0.1) is 5.41 Å². The van der Waals surface area contributed by atoms with Crippen LogP contribution >= 0.6 is 0 Å². The van der Waals surface area contributed by atoms with E-state index in [1.165, 1.54) is 0 Å². The van der Waals surface area contributed by atoms with Gasteiger partial charge >= 0.3 is 0 Å². The number of hydrogen-bond acceptors (Lipinski definition) is 3. The van der Waals surface area contributed by atoms with Crippen molar-refractivity contribution >= 4 is 0 Å². The molecular formula is C14H24N2O. The lowest BCUT2D eigenvalue weighted by atomic mass is 9.83. The number of nitrogens with one attached hydrogen (secondary N) is 1. The van der Waals surface area contributed by atoms with Crippen molar-refractivity contribution < 1.29 is 4.74 Å². The second kappa shape index (κ2) is 6.12. The highest BCUT2D eigenvalue weighted by molar-refractivity contribution is 5.06. The third-order valence-corrected chi connectivity index (χ3v) is 3.00. The van der Waals surface area contributed by atoms with Gasteiger partial charge in [0.05, 0.1) is 6.10 Å². The highest BCUT2D eigenvalue weighted by Gasteiger charge is 2.31. The van der Waals surface area contributed by atoms with E-state index in [-0.39, 0.29) is 17.6 Å². The topological polar surface area (TPSA) is 34.2 Å². The van der Waals surface area contributed by atoms with Crippen molar-refractivity contribution in [2.75, 3.05) is 14.2 Å². The molecule has 0 aliphatic carbocycles. The molecule has 0 amide bonds. The third-order valence-electron chi connectivity index (χ3n) is 3.00. The summed E-state index contributed by atoms with van der Waals surface area (Å²) in [4.78, 5) is 4.37. The van der Waals surface area contributed by atoms with Gasteiger partial charge < -0.3 is 10.1 Å². The maximum absolute atomic E-state index is 5.65. The standard InChI is InChI=1S/C14H24N2O/c1-14(2,3)13(17-5)12(15-4)10-11-8-6-7-9-16-11/h6-9,12-13,15H,10H2,1-5H3. The van der Waals surface area contributed by atoms with Gasteiger partial charge in [0.15, 0.2) is 0 Å². The molecule has 0 aliphatic heterocycles. The smallest absolute Gasteiger partial charge is 0.0776 e. The SMILES string of the molecule is CNC(Cc1ccccn1)C(OC)C(C)(C)C. The Labute approximate surface area is 105 Å². The molecule has 1 rings (SSSR count). The van der Waals surface area contributed by atoms with Crippen molar-refractivity contribution in [2.24, 2.45) is 5.41 Å². The van der Waals surface area contributed by atoms with E-state index in [1.807, 2.05) is 25.4 Å². The molecule has 3 heteroatoms. The number of hydrogen-bond donors (Lipinski definition) is 1. The average molecular weight is 236 g/mol. The zero-order valence-corrected chi connectivity index (χ0v) is 11.5. The zero-order chi connectivity index (χ0) is 12.9. The van der Waals surface area contributed by atoms with Gasteiger partial charge in [-0.05, 0) is 24.6 Å². The fraction of sp³-hybridized carbons (Fsp3) is 0.643. The van der Waals surface area contributed by atoms with Crippen LogP contribution in [0.25, 0.3) is 0 Å². The second-order valence-corrected chi connectivity index (χ2v) is 5.44. The van der Waals surface area contributed by atoms with Crippen LogP contribution in [0.5, 0.6) is 0 Å². The van der Waals surface area contributed by atoms with Gasteiger partial charge in [0, 0.05) is 31.5 Å². The highest BCUT2D eigenvalue weighted by atomic mass is 16.5. The number of aromatic nitrogens is 1. The molecule has 2 unspecified atom stereocenters. The summed E-state index contributed by atoms with van der Waals surface area (Å²) in [6, 6.07) is 6.29. The number of rotatable bonds is 5. The van der Waals surface area contributed by atoms with Crippen molar-refractivity contribution in [3.8, 4) is 0 Å². The Hall–Kier alpha value is -0.930. The Bertz CT molecular complexity index is 319. The van der Waals surface area contributed by atoms with E-state index in [0.29, 0.717) is 0 Å². The van der Waals surface area contributed by atoms with E-state index in [4.69, 9.17) is 4.74 Å². The van der Waals surface area contributed by atoms with Crippen LogP contribution in [-0.4, -0.2) is 31.3 Å². The van der Waals surface area contributed by atoms with E-state index in [9.17, 15) is 0 Å². The van der Waals surface area contributed by atoms with Gasteiger partial charge in [-0.15, -0.1) is 0 Å². The molecule has 0 radical (unpaired) electrons. The summed E-state index contributed by atoms with van der Waals surface area (Å²) in [7, 11) is 3.75. The fourth-order valence-corrected chi connectivity index (χ4v) is 2.23. The van der Waals surface area contributed by atoms with Crippen LogP contribution in [0.3, 0.4) is 0 Å². The predicted molar refractivity (Wildman–Crippen MR) is 71.0 cm³/mol. The summed E-state index contributed by atoms with van der Waals surface area (Å²) < 4.78 is 5.65. The first kappa shape index (κ1) is 14.1. The lowest BCUT2D eigenvalue weighted by molar-refractivity contribution is -0.00941. The quantitative estimate of drug-likeness (QED) is 0.851. The molecular weight excluding hydrogens is 212 g/mol. The minimum absolute atomic E-state index is 0.108. The Morgan fingerprint density at radius 1 is 1.35 bits per heavy atom. The van der Waals surface area contributed by atoms with Gasteiger partial charge in [-0.3, -0.25) is 4.98 Å². The largest absolute Gasteiger partial charge is 0.379 e. The molecule has 17 heavy (non-hydrogen) atoms. The molecule has 1 aromatic rings. The van der Waals surface area contributed by atoms with Crippen molar-refractivity contribution in [3.63, 3.8) is 0 Å². The molecule has 1 aromatic heterocycles. The molecule has 0 saturated carbocycles. The Morgan fingerprint density at radius 3 is 2.47 bits per heavy atom. The number of ether oxygens (including phenoxy) is 1. The molecule has 96 valence electrons. The van der Waals surface area contributed by atoms with Crippen LogP contribution in [0.4, 0.5) is 0 Å². The van der Waals surface area contributed by atoms with E-state index < -0.39 is 0 Å². The maximum Gasteiger partial charge on any atom is 0.0776 e. The summed E-state index contributed by atoms with van der Waals surface area (Å²) in [6.07, 6.45) is 2.88. The Morgan fingerprint density at radius 2 is 2.06 bits per heavy atom. The predicted octanol–water partition coefficient (Wildman–Crippen LogP) is 2.27. The minimum Gasteiger partial charge on any atom is -0.379 e. The van der Waals surface area contributed by atoms with Gasteiger partial charge in [0.1, 0.15) is 0 Å². The van der Waals surface area contributed by atoms with E-state index in [0.717, 1.165) is 12.1 Å². The zero-order valence-electron chi connectivity index (χ0n) is 11.5. The monoisotopic (exact) mass is 236 g/mol. The molecule has 0 spiro atoms. The molecule has 1 N–H and O–H groups in total. The first-order chi connectivity index (χ1) is 7.99. The van der Waals surface area contributed by atoms with Crippen LogP contribution < -0.4 is 5.32 Å². The summed E-state index contributed by atoms with van der Waals surface area (Å²) in [5.41, 5.74) is 1.20. The summed E-state index contributed by atoms with van der Waals surface area (Å²) in [6.45, 7) is 6.60. The molecule has 0 saturated heterocycles. The number of nitrogens with zero attached hydrogens (tertiary/aromatic N) is 1. The van der Waals surface area contributed by atoms with Crippen LogP contribution in [0.2, 0.25) is 0 Å². The van der Waals surface area contributed by atoms with Gasteiger partial charge in [-0.2, -0.15) is 0 Å². The number of pyridine rings is 1.